The smallest absolute Gasteiger partial charge is 0.0261 e. The molecule has 0 spiro atoms. The van der Waals surface area contributed by atoms with Crippen molar-refractivity contribution in [1.29, 1.82) is 0 Å². The standard InChI is InChI=1S/C14H22ClN/c1-12(2)16(10-13(3)9-15)11-14-7-5-4-6-8-14/h4-8,12-13H,9-11H2,1-3H3. The highest BCUT2D eigenvalue weighted by molar-refractivity contribution is 6.18. The first-order valence-corrected chi connectivity index (χ1v) is 6.51. The summed E-state index contributed by atoms with van der Waals surface area (Å²) in [7, 11) is 0. The van der Waals surface area contributed by atoms with Crippen LogP contribution in [0, 0.1) is 5.92 Å². The Morgan fingerprint density at radius 2 is 1.75 bits per heavy atom. The van der Waals surface area contributed by atoms with Crippen LogP contribution in [-0.4, -0.2) is 23.4 Å². The zero-order valence-electron chi connectivity index (χ0n) is 10.5. The fourth-order valence-corrected chi connectivity index (χ4v) is 1.82. The van der Waals surface area contributed by atoms with Crippen molar-refractivity contribution in [2.75, 3.05) is 12.4 Å². The van der Waals surface area contributed by atoms with E-state index < -0.39 is 0 Å². The summed E-state index contributed by atoms with van der Waals surface area (Å²) in [5.41, 5.74) is 1.37. The predicted octanol–water partition coefficient (Wildman–Crippen LogP) is 3.77. The molecule has 0 saturated heterocycles. The number of benzene rings is 1. The molecule has 0 radical (unpaired) electrons. The van der Waals surface area contributed by atoms with Crippen molar-refractivity contribution in [2.45, 2.75) is 33.4 Å². The molecule has 2 heteroatoms. The monoisotopic (exact) mass is 239 g/mol. The minimum absolute atomic E-state index is 0.549. The van der Waals surface area contributed by atoms with Crippen LogP contribution in [0.2, 0.25) is 0 Å². The Hall–Kier alpha value is -0.530. The van der Waals surface area contributed by atoms with E-state index in [-0.39, 0.29) is 0 Å². The SMILES string of the molecule is CC(CCl)CN(Cc1ccccc1)C(C)C. The van der Waals surface area contributed by atoms with Gasteiger partial charge in [0.25, 0.3) is 0 Å². The molecular formula is C14H22ClN. The van der Waals surface area contributed by atoms with Crippen molar-refractivity contribution >= 4 is 11.6 Å². The molecule has 0 aliphatic heterocycles. The van der Waals surface area contributed by atoms with Gasteiger partial charge in [-0.05, 0) is 25.3 Å². The third kappa shape index (κ3) is 4.54. The fourth-order valence-electron chi connectivity index (χ4n) is 1.72. The molecular weight excluding hydrogens is 218 g/mol. The Kier molecular flexibility index (Phi) is 5.86. The Bertz CT molecular complexity index is 284. The van der Waals surface area contributed by atoms with Gasteiger partial charge in [-0.25, -0.2) is 0 Å². The van der Waals surface area contributed by atoms with Gasteiger partial charge >= 0.3 is 0 Å². The van der Waals surface area contributed by atoms with Gasteiger partial charge in [0.1, 0.15) is 0 Å². The van der Waals surface area contributed by atoms with Crippen molar-refractivity contribution in [1.82, 2.24) is 4.90 Å². The molecule has 0 N–H and O–H groups in total. The lowest BCUT2D eigenvalue weighted by Crippen LogP contribution is -2.34. The maximum Gasteiger partial charge on any atom is 0.0261 e. The van der Waals surface area contributed by atoms with E-state index >= 15 is 0 Å². The van der Waals surface area contributed by atoms with Crippen LogP contribution in [-0.2, 0) is 6.54 Å². The normalized spacial score (nSPS) is 13.4. The highest BCUT2D eigenvalue weighted by atomic mass is 35.5. The molecule has 0 saturated carbocycles. The predicted molar refractivity (Wildman–Crippen MR) is 71.9 cm³/mol. The van der Waals surface area contributed by atoms with Gasteiger partial charge in [-0.1, -0.05) is 37.3 Å². The molecule has 0 heterocycles. The number of nitrogens with zero attached hydrogens (tertiary/aromatic N) is 1. The fraction of sp³-hybridized carbons (Fsp3) is 0.571. The van der Waals surface area contributed by atoms with Crippen molar-refractivity contribution in [3.8, 4) is 0 Å². The molecule has 1 unspecified atom stereocenters. The van der Waals surface area contributed by atoms with Gasteiger partial charge in [0, 0.05) is 25.0 Å². The van der Waals surface area contributed by atoms with Gasteiger partial charge in [-0.3, -0.25) is 4.90 Å². The van der Waals surface area contributed by atoms with E-state index in [1.807, 2.05) is 0 Å². The minimum Gasteiger partial charge on any atom is -0.296 e. The summed E-state index contributed by atoms with van der Waals surface area (Å²) < 4.78 is 0. The van der Waals surface area contributed by atoms with E-state index in [0.29, 0.717) is 12.0 Å². The zero-order valence-corrected chi connectivity index (χ0v) is 11.2. The van der Waals surface area contributed by atoms with Crippen molar-refractivity contribution in [2.24, 2.45) is 5.92 Å². The van der Waals surface area contributed by atoms with Gasteiger partial charge in [0.2, 0.25) is 0 Å². The van der Waals surface area contributed by atoms with Gasteiger partial charge in [0.05, 0.1) is 0 Å². The molecule has 1 atom stereocenters. The third-order valence-corrected chi connectivity index (χ3v) is 3.30. The summed E-state index contributed by atoms with van der Waals surface area (Å²) in [5, 5.41) is 0. The largest absolute Gasteiger partial charge is 0.296 e. The summed E-state index contributed by atoms with van der Waals surface area (Å²) in [4.78, 5) is 2.47. The lowest BCUT2D eigenvalue weighted by molar-refractivity contribution is 0.190. The summed E-state index contributed by atoms with van der Waals surface area (Å²) >= 11 is 5.88. The molecule has 0 bridgehead atoms. The van der Waals surface area contributed by atoms with Crippen LogP contribution in [0.3, 0.4) is 0 Å². The van der Waals surface area contributed by atoms with Crippen LogP contribution >= 0.6 is 11.6 Å². The topological polar surface area (TPSA) is 3.24 Å². The lowest BCUT2D eigenvalue weighted by Gasteiger charge is -2.28. The lowest BCUT2D eigenvalue weighted by atomic mass is 10.1. The second-order valence-electron chi connectivity index (χ2n) is 4.77. The molecule has 0 fully saturated rings. The van der Waals surface area contributed by atoms with Gasteiger partial charge in [-0.2, -0.15) is 0 Å². The second-order valence-corrected chi connectivity index (χ2v) is 5.08. The second kappa shape index (κ2) is 6.93. The molecule has 0 aliphatic rings. The Morgan fingerprint density at radius 1 is 1.12 bits per heavy atom. The minimum atomic E-state index is 0.549. The summed E-state index contributed by atoms with van der Waals surface area (Å²) in [6.45, 7) is 8.76. The van der Waals surface area contributed by atoms with Crippen molar-refractivity contribution in [3.05, 3.63) is 35.9 Å². The van der Waals surface area contributed by atoms with Crippen LogP contribution in [0.1, 0.15) is 26.3 Å². The number of alkyl halides is 1. The van der Waals surface area contributed by atoms with Crippen molar-refractivity contribution in [3.63, 3.8) is 0 Å². The molecule has 90 valence electrons. The Balaban J connectivity index is 2.58. The molecule has 0 aliphatic carbocycles. The molecule has 1 rings (SSSR count). The van der Waals surface area contributed by atoms with E-state index in [1.54, 1.807) is 0 Å². The maximum atomic E-state index is 5.88. The van der Waals surface area contributed by atoms with Gasteiger partial charge < -0.3 is 0 Å². The number of halogens is 1. The van der Waals surface area contributed by atoms with E-state index in [1.165, 1.54) is 5.56 Å². The summed E-state index contributed by atoms with van der Waals surface area (Å²) in [5.74, 6) is 1.28. The van der Waals surface area contributed by atoms with Crippen LogP contribution < -0.4 is 0 Å². The van der Waals surface area contributed by atoms with Crippen LogP contribution in [0.15, 0.2) is 30.3 Å². The summed E-state index contributed by atoms with van der Waals surface area (Å²) in [6.07, 6.45) is 0. The first-order chi connectivity index (χ1) is 7.63. The Labute approximate surface area is 104 Å². The van der Waals surface area contributed by atoms with Gasteiger partial charge in [-0.15, -0.1) is 11.6 Å². The maximum absolute atomic E-state index is 5.88. The van der Waals surface area contributed by atoms with E-state index in [0.717, 1.165) is 19.0 Å². The molecule has 0 amide bonds. The molecule has 1 aromatic rings. The van der Waals surface area contributed by atoms with Crippen LogP contribution in [0.5, 0.6) is 0 Å². The number of hydrogen-bond donors (Lipinski definition) is 0. The molecule has 16 heavy (non-hydrogen) atoms. The molecule has 1 aromatic carbocycles. The van der Waals surface area contributed by atoms with Crippen molar-refractivity contribution < 1.29 is 0 Å². The highest BCUT2D eigenvalue weighted by Crippen LogP contribution is 2.11. The van der Waals surface area contributed by atoms with Crippen LogP contribution in [0.4, 0.5) is 0 Å². The number of hydrogen-bond acceptors (Lipinski definition) is 1. The average Bonchev–Trinajstić information content (AvgIpc) is 2.29. The van der Waals surface area contributed by atoms with Gasteiger partial charge in [0.15, 0.2) is 0 Å². The van der Waals surface area contributed by atoms with E-state index in [2.05, 4.69) is 56.0 Å². The molecule has 1 nitrogen and oxygen atoms in total. The highest BCUT2D eigenvalue weighted by Gasteiger charge is 2.13. The van der Waals surface area contributed by atoms with Crippen LogP contribution in [0.25, 0.3) is 0 Å². The van der Waals surface area contributed by atoms with E-state index in [4.69, 9.17) is 11.6 Å². The third-order valence-electron chi connectivity index (χ3n) is 2.77. The first kappa shape index (κ1) is 13.5. The average molecular weight is 240 g/mol. The number of rotatable bonds is 6. The molecule has 0 aromatic heterocycles. The quantitative estimate of drug-likeness (QED) is 0.683. The summed E-state index contributed by atoms with van der Waals surface area (Å²) in [6, 6.07) is 11.2. The Morgan fingerprint density at radius 3 is 2.25 bits per heavy atom. The zero-order chi connectivity index (χ0) is 12.0. The van der Waals surface area contributed by atoms with E-state index in [9.17, 15) is 0 Å². The first-order valence-electron chi connectivity index (χ1n) is 5.97.